The highest BCUT2D eigenvalue weighted by atomic mass is 15.3. The van der Waals surface area contributed by atoms with E-state index in [-0.39, 0.29) is 0 Å². The molecule has 1 fully saturated rings. The Labute approximate surface area is 127 Å². The number of hydrogen-bond donors (Lipinski definition) is 1. The summed E-state index contributed by atoms with van der Waals surface area (Å²) in [6.45, 7) is 0.755. The summed E-state index contributed by atoms with van der Waals surface area (Å²) >= 11 is 0. The first-order chi connectivity index (χ1) is 10.8. The number of aromatic amines is 1. The fourth-order valence-corrected chi connectivity index (χ4v) is 3.23. The zero-order valence-corrected chi connectivity index (χ0v) is 11.9. The van der Waals surface area contributed by atoms with Gasteiger partial charge >= 0.3 is 0 Å². The van der Waals surface area contributed by atoms with Gasteiger partial charge in [-0.2, -0.15) is 10.4 Å². The fraction of sp³-hybridized carbons (Fsp3) is 0.250. The van der Waals surface area contributed by atoms with Gasteiger partial charge in [-0.15, -0.1) is 0 Å². The van der Waals surface area contributed by atoms with Gasteiger partial charge in [0.05, 0.1) is 17.3 Å². The molecule has 0 bridgehead atoms. The van der Waals surface area contributed by atoms with E-state index in [9.17, 15) is 5.26 Å². The number of H-pyrrole nitrogens is 1. The predicted octanol–water partition coefficient (Wildman–Crippen LogP) is 2.37. The minimum Gasteiger partial charge on any atom is -0.317 e. The van der Waals surface area contributed by atoms with Crippen LogP contribution in [0.25, 0.3) is 10.9 Å². The Morgan fingerprint density at radius 3 is 2.82 bits per heavy atom. The van der Waals surface area contributed by atoms with Crippen molar-refractivity contribution in [2.75, 3.05) is 11.4 Å². The first-order valence-electron chi connectivity index (χ1n) is 7.25. The fourth-order valence-electron chi connectivity index (χ4n) is 3.23. The molecule has 1 aliphatic rings. The highest BCUT2D eigenvalue weighted by Gasteiger charge is 2.46. The summed E-state index contributed by atoms with van der Waals surface area (Å²) in [5.41, 5.74) is 0.904. The molecule has 0 spiro atoms. The molecule has 108 valence electrons. The van der Waals surface area contributed by atoms with E-state index in [0.717, 1.165) is 36.0 Å². The summed E-state index contributed by atoms with van der Waals surface area (Å²) in [4.78, 5) is 10.6. The second kappa shape index (κ2) is 4.81. The van der Waals surface area contributed by atoms with Crippen molar-refractivity contribution in [1.82, 2.24) is 20.2 Å². The van der Waals surface area contributed by atoms with Gasteiger partial charge in [0.25, 0.3) is 0 Å². The lowest BCUT2D eigenvalue weighted by Gasteiger charge is -2.31. The first kappa shape index (κ1) is 12.8. The molecule has 0 aliphatic carbocycles. The van der Waals surface area contributed by atoms with E-state index in [1.54, 1.807) is 18.5 Å². The third-order valence-electron chi connectivity index (χ3n) is 4.23. The van der Waals surface area contributed by atoms with Crippen LogP contribution in [0.2, 0.25) is 0 Å². The van der Waals surface area contributed by atoms with E-state index in [2.05, 4.69) is 26.2 Å². The molecule has 4 rings (SSSR count). The van der Waals surface area contributed by atoms with Crippen molar-refractivity contribution in [2.45, 2.75) is 18.4 Å². The molecular formula is C16H14N6. The maximum Gasteiger partial charge on any atom is 0.226 e. The molecular weight excluding hydrogens is 276 g/mol. The van der Waals surface area contributed by atoms with Gasteiger partial charge in [0.1, 0.15) is 0 Å². The number of nitrogens with one attached hydrogen (secondary N) is 1. The number of anilines is 1. The van der Waals surface area contributed by atoms with E-state index >= 15 is 0 Å². The lowest BCUT2D eigenvalue weighted by molar-refractivity contribution is 0.548. The van der Waals surface area contributed by atoms with Gasteiger partial charge in [-0.1, -0.05) is 18.2 Å². The smallest absolute Gasteiger partial charge is 0.226 e. The Morgan fingerprint density at radius 1 is 1.18 bits per heavy atom. The molecule has 0 saturated carbocycles. The van der Waals surface area contributed by atoms with Crippen LogP contribution >= 0.6 is 0 Å². The van der Waals surface area contributed by atoms with Crippen LogP contribution in [-0.2, 0) is 5.54 Å². The maximum atomic E-state index is 9.98. The number of fused-ring (bicyclic) bond motifs is 1. The number of nitrogens with zero attached hydrogens (tertiary/aromatic N) is 5. The van der Waals surface area contributed by atoms with Gasteiger partial charge in [-0.05, 0) is 25.0 Å². The molecule has 22 heavy (non-hydrogen) atoms. The van der Waals surface area contributed by atoms with Crippen molar-refractivity contribution in [1.29, 1.82) is 5.26 Å². The SMILES string of the molecule is N#CC1(c2[nH]nc3ccccc23)CCCN1c1ncccn1. The van der Waals surface area contributed by atoms with E-state index < -0.39 is 5.54 Å². The van der Waals surface area contributed by atoms with Crippen molar-refractivity contribution in [2.24, 2.45) is 0 Å². The van der Waals surface area contributed by atoms with Gasteiger partial charge in [0.15, 0.2) is 5.54 Å². The largest absolute Gasteiger partial charge is 0.317 e. The van der Waals surface area contributed by atoms with E-state index in [0.29, 0.717) is 5.95 Å². The minimum absolute atomic E-state index is 0.584. The molecule has 6 nitrogen and oxygen atoms in total. The van der Waals surface area contributed by atoms with Gasteiger partial charge in [0.2, 0.25) is 5.95 Å². The highest BCUT2D eigenvalue weighted by molar-refractivity contribution is 5.83. The van der Waals surface area contributed by atoms with Gasteiger partial charge in [0, 0.05) is 24.3 Å². The number of rotatable bonds is 2. The number of nitriles is 1. The van der Waals surface area contributed by atoms with Crippen LogP contribution in [0, 0.1) is 11.3 Å². The van der Waals surface area contributed by atoms with Gasteiger partial charge in [-0.3, -0.25) is 5.10 Å². The summed E-state index contributed by atoms with van der Waals surface area (Å²) in [5.74, 6) is 0.584. The van der Waals surface area contributed by atoms with Crippen LogP contribution in [0.4, 0.5) is 5.95 Å². The normalized spacial score (nSPS) is 21.1. The standard InChI is InChI=1S/C16H14N6/c17-11-16(14-12-5-1-2-6-13(12)20-21-14)7-3-10-22(16)15-18-8-4-9-19-15/h1-2,4-6,8-9H,3,7,10H2,(H,20,21). The Bertz CT molecular complexity index is 850. The zero-order chi connectivity index (χ0) is 15.0. The van der Waals surface area contributed by atoms with Crippen LogP contribution in [0.3, 0.4) is 0 Å². The van der Waals surface area contributed by atoms with Crippen molar-refractivity contribution in [3.63, 3.8) is 0 Å². The Hall–Kier alpha value is -2.94. The third-order valence-corrected chi connectivity index (χ3v) is 4.23. The predicted molar refractivity (Wildman–Crippen MR) is 82.0 cm³/mol. The molecule has 3 aromatic rings. The van der Waals surface area contributed by atoms with Gasteiger partial charge in [-0.25, -0.2) is 9.97 Å². The summed E-state index contributed by atoms with van der Waals surface area (Å²) < 4.78 is 0. The molecule has 2 aromatic heterocycles. The molecule has 3 heterocycles. The second-order valence-electron chi connectivity index (χ2n) is 5.39. The molecule has 1 N–H and O–H groups in total. The van der Waals surface area contributed by atoms with Crippen molar-refractivity contribution < 1.29 is 0 Å². The quantitative estimate of drug-likeness (QED) is 0.783. The molecule has 0 radical (unpaired) electrons. The van der Waals surface area contributed by atoms with Crippen molar-refractivity contribution >= 4 is 16.9 Å². The summed E-state index contributed by atoms with van der Waals surface area (Å²) in [5, 5.41) is 18.4. The lowest BCUT2D eigenvalue weighted by atomic mass is 9.91. The molecule has 1 saturated heterocycles. The number of para-hydroxylation sites is 1. The van der Waals surface area contributed by atoms with Crippen LogP contribution in [-0.4, -0.2) is 26.7 Å². The lowest BCUT2D eigenvalue weighted by Crippen LogP contribution is -2.41. The molecule has 1 unspecified atom stereocenters. The van der Waals surface area contributed by atoms with Crippen LogP contribution in [0.15, 0.2) is 42.7 Å². The van der Waals surface area contributed by atoms with Crippen molar-refractivity contribution in [3.8, 4) is 6.07 Å². The van der Waals surface area contributed by atoms with E-state index in [1.807, 2.05) is 29.2 Å². The molecule has 0 amide bonds. The zero-order valence-electron chi connectivity index (χ0n) is 11.9. The first-order valence-corrected chi connectivity index (χ1v) is 7.25. The maximum absolute atomic E-state index is 9.98. The van der Waals surface area contributed by atoms with E-state index in [4.69, 9.17) is 0 Å². The highest BCUT2D eigenvalue weighted by Crippen LogP contribution is 2.41. The Balaban J connectivity index is 1.91. The molecule has 1 aromatic carbocycles. The number of aromatic nitrogens is 4. The summed E-state index contributed by atoms with van der Waals surface area (Å²) in [6, 6.07) is 12.1. The van der Waals surface area contributed by atoms with Crippen LogP contribution < -0.4 is 4.90 Å². The molecule has 6 heteroatoms. The average Bonchev–Trinajstić information content (AvgIpc) is 3.20. The third kappa shape index (κ3) is 1.69. The average molecular weight is 290 g/mol. The minimum atomic E-state index is -0.794. The van der Waals surface area contributed by atoms with E-state index in [1.165, 1.54) is 0 Å². The summed E-state index contributed by atoms with van der Waals surface area (Å²) in [7, 11) is 0. The van der Waals surface area contributed by atoms with Crippen molar-refractivity contribution in [3.05, 3.63) is 48.4 Å². The van der Waals surface area contributed by atoms with Crippen LogP contribution in [0.5, 0.6) is 0 Å². The number of hydrogen-bond acceptors (Lipinski definition) is 5. The van der Waals surface area contributed by atoms with Crippen LogP contribution in [0.1, 0.15) is 18.5 Å². The Kier molecular flexibility index (Phi) is 2.79. The number of benzene rings is 1. The Morgan fingerprint density at radius 2 is 2.00 bits per heavy atom. The topological polar surface area (TPSA) is 81.5 Å². The molecule has 1 aliphatic heterocycles. The second-order valence-corrected chi connectivity index (χ2v) is 5.39. The van der Waals surface area contributed by atoms with Gasteiger partial charge < -0.3 is 4.90 Å². The monoisotopic (exact) mass is 290 g/mol. The molecule has 1 atom stereocenters. The summed E-state index contributed by atoms with van der Waals surface area (Å²) in [6.07, 6.45) is 5.05.